The molecule has 184 valence electrons. The number of aromatic nitrogens is 1. The summed E-state index contributed by atoms with van der Waals surface area (Å²) >= 11 is 0. The van der Waals surface area contributed by atoms with Gasteiger partial charge in [-0.05, 0) is 76.4 Å². The number of hydrogen-bond acceptors (Lipinski definition) is 2. The van der Waals surface area contributed by atoms with Crippen LogP contribution in [0.25, 0.3) is 54.8 Å². The van der Waals surface area contributed by atoms with Crippen molar-refractivity contribution >= 4 is 49.1 Å². The molecule has 0 amide bonds. The van der Waals surface area contributed by atoms with Crippen LogP contribution >= 0.6 is 0 Å². The first-order valence-corrected chi connectivity index (χ1v) is 13.0. The summed E-state index contributed by atoms with van der Waals surface area (Å²) in [5.41, 5.74) is 7.03. The number of allylic oxidation sites excluding steroid dienone is 5. The molecule has 3 nitrogen and oxygen atoms in total. The zero-order valence-electron chi connectivity index (χ0n) is 21.5. The number of benzene rings is 4. The zero-order chi connectivity index (χ0) is 26.0. The van der Waals surface area contributed by atoms with Crippen molar-refractivity contribution in [1.29, 1.82) is 0 Å². The van der Waals surface area contributed by atoms with Gasteiger partial charge >= 0.3 is 5.63 Å². The smallest absolute Gasteiger partial charge is 0.344 e. The number of nitrogens with zero attached hydrogens (tertiary/aromatic N) is 1. The molecule has 1 aliphatic carbocycles. The van der Waals surface area contributed by atoms with Gasteiger partial charge in [0, 0.05) is 21.8 Å². The first-order valence-electron chi connectivity index (χ1n) is 13.0. The van der Waals surface area contributed by atoms with Gasteiger partial charge in [-0.1, -0.05) is 81.1 Å². The summed E-state index contributed by atoms with van der Waals surface area (Å²) < 4.78 is 8.02. The fourth-order valence-electron chi connectivity index (χ4n) is 5.94. The maximum absolute atomic E-state index is 12.6. The van der Waals surface area contributed by atoms with E-state index in [0.717, 1.165) is 39.5 Å². The Morgan fingerprint density at radius 3 is 2.39 bits per heavy atom. The van der Waals surface area contributed by atoms with Crippen LogP contribution in [-0.2, 0) is 5.41 Å². The van der Waals surface area contributed by atoms with Gasteiger partial charge in [0.05, 0.1) is 16.4 Å². The molecule has 2 aromatic heterocycles. The van der Waals surface area contributed by atoms with Gasteiger partial charge in [-0.2, -0.15) is 0 Å². The molecule has 7 rings (SSSR count). The van der Waals surface area contributed by atoms with Gasteiger partial charge in [0.15, 0.2) is 0 Å². The zero-order valence-corrected chi connectivity index (χ0v) is 21.5. The predicted octanol–water partition coefficient (Wildman–Crippen LogP) is 8.85. The minimum Gasteiger partial charge on any atom is -0.422 e. The van der Waals surface area contributed by atoms with E-state index in [-0.39, 0.29) is 11.0 Å². The highest BCUT2D eigenvalue weighted by atomic mass is 16.4. The first-order chi connectivity index (χ1) is 18.4. The second-order valence-corrected chi connectivity index (χ2v) is 10.8. The number of rotatable bonds is 1. The molecule has 0 fully saturated rings. The van der Waals surface area contributed by atoms with E-state index in [2.05, 4.69) is 91.8 Å². The SMILES string of the molecule is C=C1/C=C\C=C/CC(C)(C)c2cc3c(cc21)c1ccccc1n3-c1ccc2oc(=O)c3ccccc3c2c1. The molecule has 0 saturated heterocycles. The minimum atomic E-state index is -0.308. The highest BCUT2D eigenvalue weighted by molar-refractivity contribution is 6.11. The fourth-order valence-corrected chi connectivity index (χ4v) is 5.94. The van der Waals surface area contributed by atoms with Crippen molar-refractivity contribution in [2.45, 2.75) is 25.7 Å². The second kappa shape index (κ2) is 8.19. The van der Waals surface area contributed by atoms with Crippen molar-refractivity contribution in [3.05, 3.63) is 131 Å². The summed E-state index contributed by atoms with van der Waals surface area (Å²) in [6.07, 6.45) is 9.47. The predicted molar refractivity (Wildman–Crippen MR) is 159 cm³/mol. The second-order valence-electron chi connectivity index (χ2n) is 10.8. The van der Waals surface area contributed by atoms with Crippen molar-refractivity contribution in [2.75, 3.05) is 0 Å². The Hall–Kier alpha value is -4.63. The van der Waals surface area contributed by atoms with Crippen molar-refractivity contribution in [1.82, 2.24) is 4.57 Å². The van der Waals surface area contributed by atoms with Gasteiger partial charge in [-0.3, -0.25) is 0 Å². The van der Waals surface area contributed by atoms with Crippen LogP contribution in [0.5, 0.6) is 0 Å². The maximum Gasteiger partial charge on any atom is 0.344 e. The molecule has 0 bridgehead atoms. The molecule has 0 unspecified atom stereocenters. The van der Waals surface area contributed by atoms with Crippen LogP contribution in [-0.4, -0.2) is 4.57 Å². The van der Waals surface area contributed by atoms with Crippen LogP contribution in [0, 0.1) is 0 Å². The highest BCUT2D eigenvalue weighted by Crippen LogP contribution is 2.41. The van der Waals surface area contributed by atoms with E-state index in [9.17, 15) is 4.79 Å². The molecule has 0 atom stereocenters. The average Bonchev–Trinajstić information content (AvgIpc) is 3.27. The molecule has 38 heavy (non-hydrogen) atoms. The van der Waals surface area contributed by atoms with Gasteiger partial charge in [-0.25, -0.2) is 4.79 Å². The number of hydrogen-bond donors (Lipinski definition) is 0. The Morgan fingerprint density at radius 1 is 0.789 bits per heavy atom. The molecule has 0 aliphatic heterocycles. The molecule has 2 heterocycles. The third-order valence-corrected chi connectivity index (χ3v) is 7.92. The fraction of sp³-hybridized carbons (Fsp3) is 0.114. The third-order valence-electron chi connectivity index (χ3n) is 7.92. The lowest BCUT2D eigenvalue weighted by Crippen LogP contribution is -2.18. The molecule has 1 aliphatic rings. The molecular weight excluding hydrogens is 466 g/mol. The molecule has 0 spiro atoms. The monoisotopic (exact) mass is 493 g/mol. The Morgan fingerprint density at radius 2 is 1.55 bits per heavy atom. The van der Waals surface area contributed by atoms with Crippen LogP contribution in [0.15, 0.2) is 119 Å². The Bertz CT molecular complexity index is 2060. The molecule has 3 heteroatoms. The average molecular weight is 494 g/mol. The molecule has 0 N–H and O–H groups in total. The van der Waals surface area contributed by atoms with Gasteiger partial charge in [0.1, 0.15) is 5.58 Å². The van der Waals surface area contributed by atoms with Crippen molar-refractivity contribution < 1.29 is 4.42 Å². The molecule has 0 radical (unpaired) electrons. The number of fused-ring (bicyclic) bond motifs is 7. The summed E-state index contributed by atoms with van der Waals surface area (Å²) in [5, 5.41) is 4.82. The standard InChI is InChI=1S/C35H27NO2/c1-22-11-5-4-10-18-35(2,3)30-21-32-28(20-27(22)30)25-13-8-9-15-31(25)36(32)23-16-17-33-29(19-23)24-12-6-7-14-26(24)34(37)38-33/h4-17,19-21H,1,18H2,2-3H3/b10-4-,11-5-. The molecule has 0 saturated carbocycles. The lowest BCUT2D eigenvalue weighted by molar-refractivity contribution is 0.533. The molecule has 4 aromatic carbocycles. The summed E-state index contributed by atoms with van der Waals surface area (Å²) in [6, 6.07) is 27.0. The van der Waals surface area contributed by atoms with Crippen molar-refractivity contribution in [2.24, 2.45) is 0 Å². The van der Waals surface area contributed by atoms with Crippen LogP contribution in [0.4, 0.5) is 0 Å². The van der Waals surface area contributed by atoms with E-state index < -0.39 is 0 Å². The normalized spacial score (nSPS) is 16.8. The lowest BCUT2D eigenvalue weighted by atomic mass is 9.77. The van der Waals surface area contributed by atoms with Gasteiger partial charge in [0.2, 0.25) is 0 Å². The van der Waals surface area contributed by atoms with Gasteiger partial charge in [0.25, 0.3) is 0 Å². The van der Waals surface area contributed by atoms with E-state index in [0.29, 0.717) is 11.0 Å². The van der Waals surface area contributed by atoms with E-state index in [1.807, 2.05) is 36.4 Å². The first kappa shape index (κ1) is 22.6. The molecular formula is C35H27NO2. The summed E-state index contributed by atoms with van der Waals surface area (Å²) in [7, 11) is 0. The highest BCUT2D eigenvalue weighted by Gasteiger charge is 2.26. The minimum absolute atomic E-state index is 0.0702. The van der Waals surface area contributed by atoms with Crippen molar-refractivity contribution in [3.63, 3.8) is 0 Å². The molecule has 6 aromatic rings. The largest absolute Gasteiger partial charge is 0.422 e. The Balaban J connectivity index is 1.60. The maximum atomic E-state index is 12.6. The van der Waals surface area contributed by atoms with Crippen LogP contribution in [0.2, 0.25) is 0 Å². The quantitative estimate of drug-likeness (QED) is 0.169. The Kier molecular flexibility index (Phi) is 4.86. The number of para-hydroxylation sites is 1. The summed E-state index contributed by atoms with van der Waals surface area (Å²) in [6.45, 7) is 9.03. The van der Waals surface area contributed by atoms with E-state index in [1.165, 1.54) is 21.9 Å². The van der Waals surface area contributed by atoms with Crippen LogP contribution in [0.1, 0.15) is 31.4 Å². The van der Waals surface area contributed by atoms with Crippen LogP contribution < -0.4 is 5.63 Å². The van der Waals surface area contributed by atoms with E-state index in [4.69, 9.17) is 4.42 Å². The lowest BCUT2D eigenvalue weighted by Gasteiger charge is -2.27. The summed E-state index contributed by atoms with van der Waals surface area (Å²) in [4.78, 5) is 12.6. The third kappa shape index (κ3) is 3.32. The van der Waals surface area contributed by atoms with E-state index >= 15 is 0 Å². The van der Waals surface area contributed by atoms with Crippen LogP contribution in [0.3, 0.4) is 0 Å². The summed E-state index contributed by atoms with van der Waals surface area (Å²) in [5.74, 6) is 0. The van der Waals surface area contributed by atoms with Gasteiger partial charge < -0.3 is 8.98 Å². The van der Waals surface area contributed by atoms with E-state index in [1.54, 1.807) is 0 Å². The Labute approximate surface area is 220 Å². The van der Waals surface area contributed by atoms with Gasteiger partial charge in [-0.15, -0.1) is 0 Å². The topological polar surface area (TPSA) is 35.1 Å². The van der Waals surface area contributed by atoms with Crippen molar-refractivity contribution in [3.8, 4) is 5.69 Å².